The van der Waals surface area contributed by atoms with E-state index in [0.29, 0.717) is 16.5 Å². The second-order valence-electron chi connectivity index (χ2n) is 7.88. The molecule has 174 valence electrons. The molecule has 0 bridgehead atoms. The number of carbonyl (C=O) groups excluding carboxylic acids is 3. The quantitative estimate of drug-likeness (QED) is 0.104. The van der Waals surface area contributed by atoms with E-state index in [1.807, 2.05) is 30.3 Å². The Morgan fingerprint density at radius 3 is 2.60 bits per heavy atom. The Kier molecular flexibility index (Phi) is 5.33. The molecule has 0 fully saturated rings. The Morgan fingerprint density at radius 2 is 1.80 bits per heavy atom. The van der Waals surface area contributed by atoms with Crippen molar-refractivity contribution >= 4 is 45.2 Å². The molecule has 0 atom stereocenters. The van der Waals surface area contributed by atoms with Crippen LogP contribution in [0.2, 0.25) is 0 Å². The topological polar surface area (TPSA) is 137 Å². The lowest BCUT2D eigenvalue weighted by atomic mass is 10.0. The molecule has 4 aromatic rings. The molecule has 2 amide bonds. The van der Waals surface area contributed by atoms with E-state index < -0.39 is 34.0 Å². The Hall–Kier alpha value is -4.86. The van der Waals surface area contributed by atoms with Crippen molar-refractivity contribution in [1.82, 2.24) is 4.90 Å². The first-order valence-electron chi connectivity index (χ1n) is 10.6. The first-order valence-corrected chi connectivity index (χ1v) is 10.6. The summed E-state index contributed by atoms with van der Waals surface area (Å²) in [4.78, 5) is 60.9. The predicted molar refractivity (Wildman–Crippen MR) is 123 cm³/mol. The lowest BCUT2D eigenvalue weighted by molar-refractivity contribution is -0.385. The van der Waals surface area contributed by atoms with Crippen molar-refractivity contribution in [3.8, 4) is 0 Å². The number of imide groups is 1. The fourth-order valence-corrected chi connectivity index (χ4v) is 4.24. The number of nitrogens with zero attached hydrogens (tertiary/aromatic N) is 2. The van der Waals surface area contributed by atoms with Gasteiger partial charge in [0.1, 0.15) is 17.8 Å². The molecule has 0 spiro atoms. The summed E-state index contributed by atoms with van der Waals surface area (Å²) in [6.45, 7) is -0.522. The van der Waals surface area contributed by atoms with Crippen molar-refractivity contribution in [2.75, 3.05) is 6.54 Å². The SMILES string of the molecule is O=C(CCN1C(=O)c2cccc([N+](=O)[O-])c2C1=O)OCc1cc(=O)oc2ccc3ccccc3c12. The Morgan fingerprint density at radius 1 is 1.00 bits per heavy atom. The summed E-state index contributed by atoms with van der Waals surface area (Å²) in [6.07, 6.45) is -0.320. The number of carbonyl (C=O) groups is 3. The molecule has 5 rings (SSSR count). The minimum atomic E-state index is -0.830. The summed E-state index contributed by atoms with van der Waals surface area (Å²) in [5, 5.41) is 13.6. The Balaban J connectivity index is 1.32. The molecule has 0 radical (unpaired) electrons. The van der Waals surface area contributed by atoms with Gasteiger partial charge in [-0.05, 0) is 22.9 Å². The van der Waals surface area contributed by atoms with Gasteiger partial charge in [-0.1, -0.05) is 36.4 Å². The van der Waals surface area contributed by atoms with E-state index in [1.165, 1.54) is 18.2 Å². The van der Waals surface area contributed by atoms with Crippen molar-refractivity contribution in [2.24, 2.45) is 0 Å². The first-order chi connectivity index (χ1) is 16.8. The van der Waals surface area contributed by atoms with Gasteiger partial charge in [0, 0.05) is 29.6 Å². The van der Waals surface area contributed by atoms with Crippen LogP contribution in [-0.4, -0.2) is 34.2 Å². The third-order valence-corrected chi connectivity index (χ3v) is 5.82. The van der Waals surface area contributed by atoms with Crippen molar-refractivity contribution in [1.29, 1.82) is 0 Å². The molecule has 2 heterocycles. The summed E-state index contributed by atoms with van der Waals surface area (Å²) in [5.41, 5.74) is -0.607. The van der Waals surface area contributed by atoms with Gasteiger partial charge in [-0.15, -0.1) is 0 Å². The maximum absolute atomic E-state index is 12.6. The van der Waals surface area contributed by atoms with Gasteiger partial charge in [-0.3, -0.25) is 29.4 Å². The van der Waals surface area contributed by atoms with Crippen LogP contribution in [0.25, 0.3) is 21.7 Å². The van der Waals surface area contributed by atoms with Crippen LogP contribution in [0, 0.1) is 10.1 Å². The van der Waals surface area contributed by atoms with E-state index in [2.05, 4.69) is 0 Å². The highest BCUT2D eigenvalue weighted by molar-refractivity contribution is 6.23. The van der Waals surface area contributed by atoms with Gasteiger partial charge in [0.25, 0.3) is 17.5 Å². The number of hydrogen-bond acceptors (Lipinski definition) is 8. The third-order valence-electron chi connectivity index (χ3n) is 5.82. The number of rotatable bonds is 6. The maximum Gasteiger partial charge on any atom is 0.336 e. The minimum Gasteiger partial charge on any atom is -0.461 e. The van der Waals surface area contributed by atoms with Crippen LogP contribution >= 0.6 is 0 Å². The molecule has 0 saturated heterocycles. The second-order valence-corrected chi connectivity index (χ2v) is 7.88. The van der Waals surface area contributed by atoms with Gasteiger partial charge in [0.15, 0.2) is 0 Å². The molecule has 10 nitrogen and oxygen atoms in total. The molecule has 10 heteroatoms. The van der Waals surface area contributed by atoms with Gasteiger partial charge < -0.3 is 9.15 Å². The van der Waals surface area contributed by atoms with E-state index in [0.717, 1.165) is 21.7 Å². The fourth-order valence-electron chi connectivity index (χ4n) is 4.24. The van der Waals surface area contributed by atoms with Crippen LogP contribution in [0.3, 0.4) is 0 Å². The summed E-state index contributed by atoms with van der Waals surface area (Å²) in [6, 6.07) is 16.0. The van der Waals surface area contributed by atoms with Crippen LogP contribution in [-0.2, 0) is 16.1 Å². The zero-order chi connectivity index (χ0) is 24.7. The highest BCUT2D eigenvalue weighted by atomic mass is 16.6. The number of esters is 1. The molecule has 0 saturated carbocycles. The van der Waals surface area contributed by atoms with Crippen LogP contribution < -0.4 is 5.63 Å². The number of ether oxygens (including phenoxy) is 1. The lowest BCUT2D eigenvalue weighted by Crippen LogP contribution is -2.32. The maximum atomic E-state index is 12.6. The van der Waals surface area contributed by atoms with Crippen molar-refractivity contribution in [2.45, 2.75) is 13.0 Å². The number of amides is 2. The van der Waals surface area contributed by atoms with Crippen molar-refractivity contribution in [3.05, 3.63) is 97.9 Å². The molecule has 35 heavy (non-hydrogen) atoms. The molecular formula is C25H16N2O8. The molecule has 1 aromatic heterocycles. The van der Waals surface area contributed by atoms with E-state index in [4.69, 9.17) is 9.15 Å². The Bertz CT molecular complexity index is 1620. The lowest BCUT2D eigenvalue weighted by Gasteiger charge is -2.13. The normalized spacial score (nSPS) is 12.9. The summed E-state index contributed by atoms with van der Waals surface area (Å²) in [7, 11) is 0. The summed E-state index contributed by atoms with van der Waals surface area (Å²) < 4.78 is 10.6. The molecule has 1 aliphatic heterocycles. The number of nitro benzene ring substituents is 1. The molecule has 1 aliphatic rings. The molecule has 0 aliphatic carbocycles. The molecule has 0 N–H and O–H groups in total. The highest BCUT2D eigenvalue weighted by Gasteiger charge is 2.40. The van der Waals surface area contributed by atoms with Gasteiger partial charge in [0.05, 0.1) is 16.9 Å². The highest BCUT2D eigenvalue weighted by Crippen LogP contribution is 2.31. The van der Waals surface area contributed by atoms with Crippen molar-refractivity contribution in [3.63, 3.8) is 0 Å². The van der Waals surface area contributed by atoms with Crippen LogP contribution in [0.5, 0.6) is 0 Å². The van der Waals surface area contributed by atoms with Crippen LogP contribution in [0.1, 0.15) is 32.7 Å². The second kappa shape index (κ2) is 8.49. The predicted octanol–water partition coefficient (Wildman–Crippen LogP) is 3.58. The van der Waals surface area contributed by atoms with Gasteiger partial charge in [-0.25, -0.2) is 4.79 Å². The molecule has 0 unspecified atom stereocenters. The third kappa shape index (κ3) is 3.80. The van der Waals surface area contributed by atoms with E-state index in [9.17, 15) is 29.3 Å². The first kappa shape index (κ1) is 22.0. The average molecular weight is 472 g/mol. The molecule has 3 aromatic carbocycles. The summed E-state index contributed by atoms with van der Waals surface area (Å²) in [5.74, 6) is -2.25. The zero-order valence-corrected chi connectivity index (χ0v) is 18.1. The smallest absolute Gasteiger partial charge is 0.336 e. The fraction of sp³-hybridized carbons (Fsp3) is 0.120. The van der Waals surface area contributed by atoms with Crippen molar-refractivity contribution < 1.29 is 28.5 Å². The number of nitro groups is 1. The van der Waals surface area contributed by atoms with E-state index in [-0.39, 0.29) is 30.7 Å². The van der Waals surface area contributed by atoms with E-state index in [1.54, 1.807) is 6.07 Å². The average Bonchev–Trinajstić information content (AvgIpc) is 3.10. The number of hydrogen-bond donors (Lipinski definition) is 0. The van der Waals surface area contributed by atoms with Crippen LogP contribution in [0.4, 0.5) is 5.69 Å². The van der Waals surface area contributed by atoms with E-state index >= 15 is 0 Å². The number of fused-ring (bicyclic) bond motifs is 4. The largest absolute Gasteiger partial charge is 0.461 e. The summed E-state index contributed by atoms with van der Waals surface area (Å²) >= 11 is 0. The standard InChI is InChI=1S/C25H16N2O8/c28-20(10-11-26-24(30)17-6-3-7-18(27(32)33)23(17)25(26)31)34-13-15-12-21(29)35-19-9-8-14-4-1-2-5-16(14)22(15)19/h1-9,12H,10-11,13H2. The zero-order valence-electron chi connectivity index (χ0n) is 18.1. The Labute approximate surface area is 196 Å². The minimum absolute atomic E-state index is 0.0769. The molecular weight excluding hydrogens is 456 g/mol. The van der Waals surface area contributed by atoms with Crippen LogP contribution in [0.15, 0.2) is 69.9 Å². The van der Waals surface area contributed by atoms with Gasteiger partial charge in [0.2, 0.25) is 0 Å². The van der Waals surface area contributed by atoms with Gasteiger partial charge >= 0.3 is 11.6 Å². The number of benzene rings is 3. The monoisotopic (exact) mass is 472 g/mol. The van der Waals surface area contributed by atoms with Gasteiger partial charge in [-0.2, -0.15) is 0 Å².